The van der Waals surface area contributed by atoms with Gasteiger partial charge in [-0.15, -0.1) is 0 Å². The zero-order chi connectivity index (χ0) is 24.5. The summed E-state index contributed by atoms with van der Waals surface area (Å²) in [5.74, 6) is 1.17. The van der Waals surface area contributed by atoms with Crippen molar-refractivity contribution < 1.29 is 24.2 Å². The predicted molar refractivity (Wildman–Crippen MR) is 132 cm³/mol. The van der Waals surface area contributed by atoms with E-state index in [9.17, 15) is 9.59 Å². The van der Waals surface area contributed by atoms with Crippen LogP contribution in [0.1, 0.15) is 42.1 Å². The molecule has 5 rings (SSSR count). The molecule has 0 aliphatic carbocycles. The van der Waals surface area contributed by atoms with Crippen LogP contribution in [0.25, 0.3) is 10.9 Å². The molecule has 3 aromatic rings. The topological polar surface area (TPSA) is 95.1 Å². The van der Waals surface area contributed by atoms with E-state index < -0.39 is 12.1 Å². The number of carbonyl (C=O) groups is 2. The number of aliphatic hydroxyl groups is 1. The van der Waals surface area contributed by atoms with Crippen molar-refractivity contribution in [1.29, 1.82) is 0 Å². The van der Waals surface area contributed by atoms with Crippen molar-refractivity contribution in [1.82, 2.24) is 14.8 Å². The molecule has 0 saturated carbocycles. The molecular formula is C27H31N3O5. The first-order chi connectivity index (χ1) is 17.1. The van der Waals surface area contributed by atoms with E-state index in [4.69, 9.17) is 14.6 Å². The minimum absolute atomic E-state index is 0.0311. The van der Waals surface area contributed by atoms with Gasteiger partial charge in [-0.25, -0.2) is 0 Å². The first-order valence-electron chi connectivity index (χ1n) is 12.1. The van der Waals surface area contributed by atoms with Gasteiger partial charge in [-0.05, 0) is 49.1 Å². The zero-order valence-corrected chi connectivity index (χ0v) is 20.1. The van der Waals surface area contributed by atoms with E-state index in [1.807, 2.05) is 36.4 Å². The summed E-state index contributed by atoms with van der Waals surface area (Å²) < 4.78 is 11.2. The molecule has 0 radical (unpaired) electrons. The van der Waals surface area contributed by atoms with Crippen molar-refractivity contribution in [2.75, 3.05) is 33.9 Å². The largest absolute Gasteiger partial charge is 0.497 e. The normalized spacial score (nSPS) is 19.6. The molecule has 2 aliphatic rings. The smallest absolute Gasteiger partial charge is 0.246 e. The lowest BCUT2D eigenvalue weighted by molar-refractivity contribution is -0.158. The van der Waals surface area contributed by atoms with Crippen LogP contribution in [-0.4, -0.2) is 71.7 Å². The van der Waals surface area contributed by atoms with Crippen LogP contribution in [0.15, 0.2) is 42.5 Å². The second-order valence-electron chi connectivity index (χ2n) is 9.14. The fourth-order valence-corrected chi connectivity index (χ4v) is 5.48. The maximum atomic E-state index is 13.7. The SMILES string of the molecule is COc1ccc(OC)c([C@@H]2c3[nH]c4ccccc4c3C[C@H]3C(=O)N(CCCCCO)CC(=O)N23)c1. The zero-order valence-electron chi connectivity index (χ0n) is 20.1. The molecule has 0 spiro atoms. The number of ether oxygens (including phenoxy) is 2. The Morgan fingerprint density at radius 1 is 1.06 bits per heavy atom. The first kappa shape index (κ1) is 23.2. The number of carbonyl (C=O) groups excluding carboxylic acids is 2. The van der Waals surface area contributed by atoms with Crippen LogP contribution in [0.5, 0.6) is 11.5 Å². The van der Waals surface area contributed by atoms with Gasteiger partial charge in [0.2, 0.25) is 11.8 Å². The number of para-hydroxylation sites is 1. The number of nitrogens with zero attached hydrogens (tertiary/aromatic N) is 2. The summed E-state index contributed by atoms with van der Waals surface area (Å²) in [6.07, 6.45) is 2.73. The summed E-state index contributed by atoms with van der Waals surface area (Å²) in [7, 11) is 3.21. The second-order valence-corrected chi connectivity index (χ2v) is 9.14. The minimum Gasteiger partial charge on any atom is -0.497 e. The van der Waals surface area contributed by atoms with Crippen molar-refractivity contribution in [2.24, 2.45) is 0 Å². The Kier molecular flexibility index (Phi) is 6.38. The Morgan fingerprint density at radius 2 is 1.89 bits per heavy atom. The maximum absolute atomic E-state index is 13.7. The Balaban J connectivity index is 1.62. The number of nitrogens with one attached hydrogen (secondary N) is 1. The monoisotopic (exact) mass is 477 g/mol. The summed E-state index contributed by atoms with van der Waals surface area (Å²) in [6, 6.07) is 12.5. The number of hydrogen-bond acceptors (Lipinski definition) is 5. The number of aromatic nitrogens is 1. The molecule has 2 amide bonds. The number of aromatic amines is 1. The molecule has 35 heavy (non-hydrogen) atoms. The van der Waals surface area contributed by atoms with E-state index in [0.29, 0.717) is 30.9 Å². The minimum atomic E-state index is -0.596. The van der Waals surface area contributed by atoms with Crippen molar-refractivity contribution in [2.45, 2.75) is 37.8 Å². The van der Waals surface area contributed by atoms with Gasteiger partial charge in [0, 0.05) is 41.7 Å². The number of piperazine rings is 1. The van der Waals surface area contributed by atoms with Gasteiger partial charge in [0.15, 0.2) is 0 Å². The third-order valence-electron chi connectivity index (χ3n) is 7.16. The van der Waals surface area contributed by atoms with E-state index >= 15 is 0 Å². The van der Waals surface area contributed by atoms with Crippen molar-refractivity contribution in [3.8, 4) is 11.5 Å². The molecule has 0 bridgehead atoms. The van der Waals surface area contributed by atoms with Crippen LogP contribution in [-0.2, 0) is 16.0 Å². The number of unbranched alkanes of at least 4 members (excludes halogenated alkanes) is 2. The Hall–Kier alpha value is -3.52. The summed E-state index contributed by atoms with van der Waals surface area (Å²) in [5, 5.41) is 10.1. The van der Waals surface area contributed by atoms with Crippen LogP contribution in [0, 0.1) is 0 Å². The van der Waals surface area contributed by atoms with Crippen LogP contribution in [0.3, 0.4) is 0 Å². The molecule has 8 heteroatoms. The lowest BCUT2D eigenvalue weighted by atomic mass is 9.85. The number of H-pyrrole nitrogens is 1. The van der Waals surface area contributed by atoms with E-state index in [-0.39, 0.29) is 25.0 Å². The number of aliphatic hydroxyl groups excluding tert-OH is 1. The number of hydrogen-bond donors (Lipinski definition) is 2. The summed E-state index contributed by atoms with van der Waals surface area (Å²) in [5.41, 5.74) is 3.72. The molecule has 1 aromatic heterocycles. The quantitative estimate of drug-likeness (QED) is 0.487. The molecule has 0 unspecified atom stereocenters. The van der Waals surface area contributed by atoms with E-state index in [1.54, 1.807) is 24.0 Å². The number of rotatable bonds is 8. The van der Waals surface area contributed by atoms with Crippen molar-refractivity contribution >= 4 is 22.7 Å². The average molecular weight is 478 g/mol. The second kappa shape index (κ2) is 9.62. The molecule has 3 heterocycles. The number of methoxy groups -OCH3 is 2. The number of benzene rings is 2. The van der Waals surface area contributed by atoms with Gasteiger partial charge in [0.05, 0.1) is 20.8 Å². The molecule has 2 aliphatic heterocycles. The van der Waals surface area contributed by atoms with E-state index in [0.717, 1.165) is 40.6 Å². The molecular weight excluding hydrogens is 446 g/mol. The molecule has 1 saturated heterocycles. The van der Waals surface area contributed by atoms with Gasteiger partial charge >= 0.3 is 0 Å². The predicted octanol–water partition coefficient (Wildman–Crippen LogP) is 3.03. The third-order valence-corrected chi connectivity index (χ3v) is 7.16. The van der Waals surface area contributed by atoms with E-state index in [1.165, 1.54) is 0 Å². The maximum Gasteiger partial charge on any atom is 0.246 e. The molecule has 1 fully saturated rings. The van der Waals surface area contributed by atoms with Crippen molar-refractivity contribution in [3.63, 3.8) is 0 Å². The number of fused-ring (bicyclic) bond motifs is 4. The molecule has 8 nitrogen and oxygen atoms in total. The van der Waals surface area contributed by atoms with Crippen molar-refractivity contribution in [3.05, 3.63) is 59.3 Å². The Bertz CT molecular complexity index is 1250. The van der Waals surface area contributed by atoms with Gasteiger partial charge in [0.25, 0.3) is 0 Å². The lowest BCUT2D eigenvalue weighted by Crippen LogP contribution is -2.63. The van der Waals surface area contributed by atoms with E-state index in [2.05, 4.69) is 11.1 Å². The van der Waals surface area contributed by atoms with Gasteiger partial charge in [-0.2, -0.15) is 0 Å². The fraction of sp³-hybridized carbons (Fsp3) is 0.407. The summed E-state index contributed by atoms with van der Waals surface area (Å²) in [4.78, 5) is 34.3. The van der Waals surface area contributed by atoms with Crippen LogP contribution >= 0.6 is 0 Å². The number of amides is 2. The molecule has 2 aromatic carbocycles. The summed E-state index contributed by atoms with van der Waals surface area (Å²) in [6.45, 7) is 0.701. The van der Waals surface area contributed by atoms with Crippen LogP contribution in [0.4, 0.5) is 0 Å². The molecule has 2 atom stereocenters. The highest BCUT2D eigenvalue weighted by molar-refractivity contribution is 5.97. The van der Waals surface area contributed by atoms with Gasteiger partial charge in [0.1, 0.15) is 23.6 Å². The van der Waals surface area contributed by atoms with Crippen LogP contribution in [0.2, 0.25) is 0 Å². The molecule has 2 N–H and O–H groups in total. The fourth-order valence-electron chi connectivity index (χ4n) is 5.48. The highest BCUT2D eigenvalue weighted by Crippen LogP contribution is 2.45. The van der Waals surface area contributed by atoms with Gasteiger partial charge in [-0.3, -0.25) is 9.59 Å². The lowest BCUT2D eigenvalue weighted by Gasteiger charge is -2.47. The Morgan fingerprint density at radius 3 is 2.66 bits per heavy atom. The van der Waals surface area contributed by atoms with Gasteiger partial charge < -0.3 is 29.4 Å². The van der Waals surface area contributed by atoms with Gasteiger partial charge in [-0.1, -0.05) is 18.2 Å². The standard InChI is InChI=1S/C27H31N3O5/c1-34-17-10-11-23(35-2)20(14-17)26-25-19(18-8-4-5-9-21(18)28-25)15-22-27(33)29(12-6-3-7-13-31)16-24(32)30(22)26/h4-5,8-11,14,22,26,28,31H,3,6-7,12-13,15-16H2,1-2H3/t22-,26+/m0/s1. The average Bonchev–Trinajstić information content (AvgIpc) is 3.26. The van der Waals surface area contributed by atoms with Crippen LogP contribution < -0.4 is 9.47 Å². The Labute approximate surface area is 204 Å². The summed E-state index contributed by atoms with van der Waals surface area (Å²) >= 11 is 0. The third kappa shape index (κ3) is 4.01. The molecule has 184 valence electrons. The first-order valence-corrected chi connectivity index (χ1v) is 12.1. The highest BCUT2D eigenvalue weighted by Gasteiger charge is 2.48. The highest BCUT2D eigenvalue weighted by atomic mass is 16.5.